The van der Waals surface area contributed by atoms with Gasteiger partial charge in [-0.1, -0.05) is 0 Å². The lowest BCUT2D eigenvalue weighted by atomic mass is 9.89. The van der Waals surface area contributed by atoms with Gasteiger partial charge in [-0.3, -0.25) is 5.32 Å². The molecule has 1 saturated heterocycles. The molecule has 5 unspecified atom stereocenters. The first-order chi connectivity index (χ1) is 17.0. The molecule has 0 amide bonds. The van der Waals surface area contributed by atoms with Crippen molar-refractivity contribution in [3.05, 3.63) is 40.2 Å². The van der Waals surface area contributed by atoms with Crippen molar-refractivity contribution in [2.45, 2.75) is 68.7 Å². The number of benzene rings is 1. The highest BCUT2D eigenvalue weighted by molar-refractivity contribution is 5.82. The van der Waals surface area contributed by atoms with Gasteiger partial charge in [-0.2, -0.15) is 0 Å². The second-order valence-electron chi connectivity index (χ2n) is 8.54. The summed E-state index contributed by atoms with van der Waals surface area (Å²) in [6, 6.07) is 4.09. The number of aliphatic hydroxyl groups is 4. The van der Waals surface area contributed by atoms with Crippen molar-refractivity contribution in [3.8, 4) is 18.1 Å². The van der Waals surface area contributed by atoms with Gasteiger partial charge in [0.15, 0.2) is 6.17 Å². The minimum absolute atomic E-state index is 0.0627. The van der Waals surface area contributed by atoms with Crippen LogP contribution in [0.2, 0.25) is 0 Å². The Morgan fingerprint density at radius 3 is 2.72 bits per heavy atom. The van der Waals surface area contributed by atoms with Crippen LogP contribution < -0.4 is 15.7 Å². The van der Waals surface area contributed by atoms with Crippen molar-refractivity contribution in [2.75, 3.05) is 6.61 Å². The van der Waals surface area contributed by atoms with Crippen LogP contribution in [0.15, 0.2) is 33.5 Å². The van der Waals surface area contributed by atoms with Crippen molar-refractivity contribution in [1.82, 2.24) is 5.32 Å². The van der Waals surface area contributed by atoms with E-state index in [2.05, 4.69) is 11.2 Å². The number of carboxylic acid groups (broad SMARTS) is 1. The topological polar surface area (TPSA) is 179 Å². The van der Waals surface area contributed by atoms with E-state index >= 15 is 4.39 Å². The van der Waals surface area contributed by atoms with E-state index in [1.54, 1.807) is 6.92 Å². The molecule has 7 atom stereocenters. The monoisotopic (exact) mass is 509 g/mol. The largest absolute Gasteiger partial charge is 0.476 e. The van der Waals surface area contributed by atoms with Gasteiger partial charge in [0, 0.05) is 36.4 Å². The SMILES string of the molecule is C#CCCC(O)NC1CC(F)C(Oc2ccc3c(C)cc(=O)oc3c2)(C(=O)O)OC1[C@H](O)[C@H](O)CO. The molecule has 1 aliphatic rings. The predicted octanol–water partition coefficient (Wildman–Crippen LogP) is -0.208. The third-order valence-corrected chi connectivity index (χ3v) is 5.96. The van der Waals surface area contributed by atoms with Crippen molar-refractivity contribution in [1.29, 1.82) is 0 Å². The molecule has 11 nitrogen and oxygen atoms in total. The molecule has 6 N–H and O–H groups in total. The van der Waals surface area contributed by atoms with Crippen LogP contribution in [-0.4, -0.2) is 80.6 Å². The zero-order valence-electron chi connectivity index (χ0n) is 19.3. The number of aryl methyl sites for hydroxylation is 1. The van der Waals surface area contributed by atoms with E-state index in [0.717, 1.165) is 0 Å². The number of hydrogen-bond donors (Lipinski definition) is 6. The summed E-state index contributed by atoms with van der Waals surface area (Å²) in [5.74, 6) is -2.74. The van der Waals surface area contributed by atoms with Gasteiger partial charge in [0.2, 0.25) is 0 Å². The number of halogens is 1. The molecule has 12 heteroatoms. The first-order valence-corrected chi connectivity index (χ1v) is 11.2. The number of hydrogen-bond acceptors (Lipinski definition) is 10. The number of aliphatic carboxylic acids is 1. The molecule has 2 heterocycles. The van der Waals surface area contributed by atoms with E-state index < -0.39 is 67.2 Å². The number of rotatable bonds is 10. The molecular formula is C24H28FNO10. The summed E-state index contributed by atoms with van der Waals surface area (Å²) < 4.78 is 31.6. The van der Waals surface area contributed by atoms with Crippen LogP contribution >= 0.6 is 0 Å². The molecule has 0 spiro atoms. The number of ether oxygens (including phenoxy) is 2. The number of terminal acetylenes is 1. The van der Waals surface area contributed by atoms with Crippen LogP contribution in [-0.2, 0) is 9.53 Å². The van der Waals surface area contributed by atoms with Crippen LogP contribution in [0.5, 0.6) is 5.75 Å². The van der Waals surface area contributed by atoms with Gasteiger partial charge in [-0.25, -0.2) is 14.0 Å². The predicted molar refractivity (Wildman–Crippen MR) is 123 cm³/mol. The number of nitrogens with one attached hydrogen (secondary N) is 1. The maximum Gasteiger partial charge on any atom is 0.380 e. The summed E-state index contributed by atoms with van der Waals surface area (Å²) in [5.41, 5.74) is 0.00473. The number of aliphatic hydroxyl groups excluding tert-OH is 4. The lowest BCUT2D eigenvalue weighted by Gasteiger charge is -2.46. The van der Waals surface area contributed by atoms with Crippen molar-refractivity contribution < 1.29 is 48.6 Å². The third kappa shape index (κ3) is 5.67. The fraction of sp³-hybridized carbons (Fsp3) is 0.500. The second kappa shape index (κ2) is 11.3. The van der Waals surface area contributed by atoms with Crippen molar-refractivity contribution in [3.63, 3.8) is 0 Å². The number of alkyl halides is 1. The number of fused-ring (bicyclic) bond motifs is 1. The van der Waals surface area contributed by atoms with E-state index in [4.69, 9.17) is 20.3 Å². The normalized spacial score (nSPS) is 26.6. The molecule has 1 aromatic carbocycles. The highest BCUT2D eigenvalue weighted by atomic mass is 19.1. The molecule has 0 aliphatic carbocycles. The summed E-state index contributed by atoms with van der Waals surface area (Å²) in [6.45, 7) is 0.764. The van der Waals surface area contributed by atoms with Crippen molar-refractivity contribution in [2.24, 2.45) is 0 Å². The minimum Gasteiger partial charge on any atom is -0.476 e. The van der Waals surface area contributed by atoms with Gasteiger partial charge in [-0.05, 0) is 31.0 Å². The quantitative estimate of drug-likeness (QED) is 0.142. The molecular weight excluding hydrogens is 481 g/mol. The average molecular weight is 509 g/mol. The Morgan fingerprint density at radius 1 is 1.36 bits per heavy atom. The molecule has 0 saturated carbocycles. The van der Waals surface area contributed by atoms with E-state index in [1.165, 1.54) is 24.3 Å². The van der Waals surface area contributed by atoms with Crippen LogP contribution in [0, 0.1) is 19.3 Å². The zero-order chi connectivity index (χ0) is 26.6. The first-order valence-electron chi connectivity index (χ1n) is 11.2. The molecule has 1 fully saturated rings. The Bertz CT molecular complexity index is 1180. The van der Waals surface area contributed by atoms with Gasteiger partial charge < -0.3 is 39.4 Å². The van der Waals surface area contributed by atoms with E-state index in [0.29, 0.717) is 10.9 Å². The fourth-order valence-electron chi connectivity index (χ4n) is 4.08. The zero-order valence-corrected chi connectivity index (χ0v) is 19.3. The van der Waals surface area contributed by atoms with Crippen LogP contribution in [0.25, 0.3) is 11.0 Å². The molecule has 0 bridgehead atoms. The van der Waals surface area contributed by atoms with Gasteiger partial charge in [-0.15, -0.1) is 12.3 Å². The van der Waals surface area contributed by atoms with E-state index in [9.17, 15) is 35.1 Å². The lowest BCUT2D eigenvalue weighted by molar-refractivity contribution is -0.292. The summed E-state index contributed by atoms with van der Waals surface area (Å²) in [4.78, 5) is 24.0. The highest BCUT2D eigenvalue weighted by Crippen LogP contribution is 2.37. The molecule has 36 heavy (non-hydrogen) atoms. The number of carboxylic acids is 1. The average Bonchev–Trinajstić information content (AvgIpc) is 2.82. The molecule has 1 aromatic heterocycles. The fourth-order valence-corrected chi connectivity index (χ4v) is 4.08. The Morgan fingerprint density at radius 2 is 2.08 bits per heavy atom. The van der Waals surface area contributed by atoms with Crippen LogP contribution in [0.1, 0.15) is 24.8 Å². The van der Waals surface area contributed by atoms with Gasteiger partial charge in [0.05, 0.1) is 6.61 Å². The van der Waals surface area contributed by atoms with Gasteiger partial charge in [0.1, 0.15) is 35.9 Å². The minimum atomic E-state index is -2.99. The molecule has 196 valence electrons. The Kier molecular flexibility index (Phi) is 8.67. The molecule has 1 aliphatic heterocycles. The molecule has 0 radical (unpaired) electrons. The van der Waals surface area contributed by atoms with Crippen LogP contribution in [0.3, 0.4) is 0 Å². The smallest absolute Gasteiger partial charge is 0.380 e. The standard InChI is InChI=1S/C24H28FNO10/c1-3-4-5-19(29)26-15-10-18(25)24(23(32)33,36-22(15)21(31)16(28)11-27)35-13-6-7-14-12(2)8-20(30)34-17(14)9-13/h1,6-9,15-16,18-19,21-22,26-29,31H,4-5,10-11H2,2H3,(H,32,33)/t15?,16-,18?,19?,21-,22?,24?/m1/s1. The summed E-state index contributed by atoms with van der Waals surface area (Å²) >= 11 is 0. The summed E-state index contributed by atoms with van der Waals surface area (Å²) in [7, 11) is 0. The van der Waals surface area contributed by atoms with E-state index in [1.807, 2.05) is 0 Å². The van der Waals surface area contributed by atoms with E-state index in [-0.39, 0.29) is 24.2 Å². The Hall–Kier alpha value is -3.05. The third-order valence-electron chi connectivity index (χ3n) is 5.96. The van der Waals surface area contributed by atoms with Crippen molar-refractivity contribution >= 4 is 16.9 Å². The summed E-state index contributed by atoms with van der Waals surface area (Å²) in [6.07, 6.45) is -4.10. The Balaban J connectivity index is 1.97. The molecule has 2 aromatic rings. The Labute approximate surface area is 205 Å². The maximum atomic E-state index is 15.5. The van der Waals surface area contributed by atoms with Gasteiger partial charge >= 0.3 is 17.4 Å². The maximum absolute atomic E-state index is 15.5. The lowest BCUT2D eigenvalue weighted by Crippen LogP contribution is -2.68. The highest BCUT2D eigenvalue weighted by Gasteiger charge is 2.60. The van der Waals surface area contributed by atoms with Gasteiger partial charge in [0.25, 0.3) is 0 Å². The number of carbonyl (C=O) groups is 1. The first kappa shape index (κ1) is 27.5. The summed E-state index contributed by atoms with van der Waals surface area (Å²) in [5, 5.41) is 53.1. The molecule has 3 rings (SSSR count). The van der Waals surface area contributed by atoms with Crippen LogP contribution in [0.4, 0.5) is 4.39 Å². The second-order valence-corrected chi connectivity index (χ2v) is 8.54.